The number of anilines is 3. The molecule has 0 saturated carbocycles. The molecule has 0 atom stereocenters. The van der Waals surface area contributed by atoms with Gasteiger partial charge in [-0.15, -0.1) is 22.7 Å². The van der Waals surface area contributed by atoms with Crippen LogP contribution in [0.1, 0.15) is 0 Å². The van der Waals surface area contributed by atoms with Gasteiger partial charge in [-0.05, 0) is 87.6 Å². The van der Waals surface area contributed by atoms with Crippen LogP contribution in [0.3, 0.4) is 0 Å². The summed E-state index contributed by atoms with van der Waals surface area (Å²) < 4.78 is 5.25. The standard InChI is InChI=1S/C46H29NS2/c1-2-9-31(10-3-1)37-14-8-11-33-27-32(19-24-38(33)37)30-17-20-34(21-18-30)47(35-22-25-41-39-12-4-6-15-43(39)48-45(41)28-35)36-23-26-42-40-13-5-7-16-44(40)49-46(42)29-36/h1-29H. The van der Waals surface area contributed by atoms with Crippen LogP contribution in [0, 0.1) is 0 Å². The highest BCUT2D eigenvalue weighted by molar-refractivity contribution is 7.26. The third-order valence-electron chi connectivity index (χ3n) is 9.67. The Morgan fingerprint density at radius 2 is 0.837 bits per heavy atom. The van der Waals surface area contributed by atoms with Gasteiger partial charge >= 0.3 is 0 Å². The molecular weight excluding hydrogens is 631 g/mol. The summed E-state index contributed by atoms with van der Waals surface area (Å²) >= 11 is 3.73. The Morgan fingerprint density at radius 3 is 1.49 bits per heavy atom. The molecule has 10 rings (SSSR count). The highest BCUT2D eigenvalue weighted by Crippen LogP contribution is 2.43. The van der Waals surface area contributed by atoms with Crippen LogP contribution in [-0.4, -0.2) is 0 Å². The fraction of sp³-hybridized carbons (Fsp3) is 0. The fourth-order valence-corrected chi connectivity index (χ4v) is 9.57. The van der Waals surface area contributed by atoms with Gasteiger partial charge in [-0.3, -0.25) is 0 Å². The van der Waals surface area contributed by atoms with Gasteiger partial charge in [0.05, 0.1) is 0 Å². The topological polar surface area (TPSA) is 3.24 Å². The van der Waals surface area contributed by atoms with Crippen LogP contribution in [0.25, 0.3) is 73.4 Å². The van der Waals surface area contributed by atoms with E-state index >= 15 is 0 Å². The molecule has 0 amide bonds. The molecule has 0 saturated heterocycles. The molecule has 2 heterocycles. The Balaban J connectivity index is 1.08. The van der Waals surface area contributed by atoms with E-state index in [4.69, 9.17) is 0 Å². The van der Waals surface area contributed by atoms with Gasteiger partial charge < -0.3 is 4.90 Å². The van der Waals surface area contributed by atoms with E-state index in [-0.39, 0.29) is 0 Å². The summed E-state index contributed by atoms with van der Waals surface area (Å²) in [4.78, 5) is 2.41. The van der Waals surface area contributed by atoms with E-state index in [1.54, 1.807) is 0 Å². The molecule has 0 bridgehead atoms. The van der Waals surface area contributed by atoms with Crippen molar-refractivity contribution in [3.05, 3.63) is 176 Å². The third-order valence-corrected chi connectivity index (χ3v) is 11.9. The number of rotatable bonds is 5. The minimum absolute atomic E-state index is 1.14. The van der Waals surface area contributed by atoms with Crippen LogP contribution in [0.2, 0.25) is 0 Å². The highest BCUT2D eigenvalue weighted by Gasteiger charge is 2.17. The number of hydrogen-bond donors (Lipinski definition) is 0. The van der Waals surface area contributed by atoms with E-state index < -0.39 is 0 Å². The summed E-state index contributed by atoms with van der Waals surface area (Å²) in [6, 6.07) is 64.4. The van der Waals surface area contributed by atoms with Crippen molar-refractivity contribution in [3.8, 4) is 22.3 Å². The van der Waals surface area contributed by atoms with E-state index in [0.717, 1.165) is 17.1 Å². The van der Waals surface area contributed by atoms with Gasteiger partial charge in [-0.2, -0.15) is 0 Å². The number of nitrogens with zero attached hydrogens (tertiary/aromatic N) is 1. The molecule has 0 aliphatic carbocycles. The van der Waals surface area contributed by atoms with Gasteiger partial charge in [-0.25, -0.2) is 0 Å². The molecule has 0 N–H and O–H groups in total. The summed E-state index contributed by atoms with van der Waals surface area (Å²) in [5, 5.41) is 7.79. The van der Waals surface area contributed by atoms with Crippen LogP contribution < -0.4 is 4.90 Å². The number of benzene rings is 8. The molecular formula is C46H29NS2. The number of thiophene rings is 2. The molecule has 10 aromatic rings. The molecule has 0 unspecified atom stereocenters. The van der Waals surface area contributed by atoms with Gasteiger partial charge in [0.15, 0.2) is 0 Å². The highest BCUT2D eigenvalue weighted by atomic mass is 32.1. The first-order valence-electron chi connectivity index (χ1n) is 16.6. The van der Waals surface area contributed by atoms with E-state index in [2.05, 4.69) is 181 Å². The van der Waals surface area contributed by atoms with Crippen molar-refractivity contribution < 1.29 is 0 Å². The first kappa shape index (κ1) is 28.3. The quantitative estimate of drug-likeness (QED) is 0.178. The molecule has 0 fully saturated rings. The summed E-state index contributed by atoms with van der Waals surface area (Å²) in [6.45, 7) is 0. The molecule has 0 radical (unpaired) electrons. The zero-order chi connectivity index (χ0) is 32.3. The summed E-state index contributed by atoms with van der Waals surface area (Å²) in [7, 11) is 0. The second-order valence-electron chi connectivity index (χ2n) is 12.5. The van der Waals surface area contributed by atoms with Gasteiger partial charge in [0.1, 0.15) is 0 Å². The summed E-state index contributed by atoms with van der Waals surface area (Å²) in [6.07, 6.45) is 0. The SMILES string of the molecule is c1ccc(-c2cccc3cc(-c4ccc(N(c5ccc6c(c5)sc5ccccc56)c5ccc6c(c5)sc5ccccc56)cc4)ccc23)cc1. The molecule has 230 valence electrons. The first-order chi connectivity index (χ1) is 24.3. The zero-order valence-electron chi connectivity index (χ0n) is 26.5. The lowest BCUT2D eigenvalue weighted by atomic mass is 9.95. The molecule has 0 spiro atoms. The first-order valence-corrected chi connectivity index (χ1v) is 18.2. The zero-order valence-corrected chi connectivity index (χ0v) is 28.1. The predicted molar refractivity (Wildman–Crippen MR) is 215 cm³/mol. The maximum absolute atomic E-state index is 2.41. The second-order valence-corrected chi connectivity index (χ2v) is 14.7. The fourth-order valence-electron chi connectivity index (χ4n) is 7.29. The van der Waals surface area contributed by atoms with Crippen molar-refractivity contribution in [1.29, 1.82) is 0 Å². The number of fused-ring (bicyclic) bond motifs is 7. The third kappa shape index (κ3) is 4.82. The Bertz CT molecular complexity index is 2710. The maximum atomic E-state index is 2.41. The smallest absolute Gasteiger partial charge is 0.0476 e. The second kappa shape index (κ2) is 11.5. The van der Waals surface area contributed by atoms with Crippen molar-refractivity contribution in [1.82, 2.24) is 0 Å². The molecule has 2 aromatic heterocycles. The molecule has 8 aromatic carbocycles. The van der Waals surface area contributed by atoms with E-state index in [1.807, 2.05) is 22.7 Å². The molecule has 0 aliphatic heterocycles. The van der Waals surface area contributed by atoms with E-state index in [9.17, 15) is 0 Å². The largest absolute Gasteiger partial charge is 0.310 e. The minimum atomic E-state index is 1.14. The average Bonchev–Trinajstić information content (AvgIpc) is 3.73. The van der Waals surface area contributed by atoms with Crippen molar-refractivity contribution in [3.63, 3.8) is 0 Å². The van der Waals surface area contributed by atoms with Crippen LogP contribution >= 0.6 is 22.7 Å². The Labute approximate surface area is 292 Å². The summed E-state index contributed by atoms with van der Waals surface area (Å²) in [5.41, 5.74) is 8.38. The van der Waals surface area contributed by atoms with Gasteiger partial charge in [0.25, 0.3) is 0 Å². The predicted octanol–water partition coefficient (Wildman–Crippen LogP) is 14.4. The van der Waals surface area contributed by atoms with Gasteiger partial charge in [-0.1, -0.05) is 121 Å². The monoisotopic (exact) mass is 659 g/mol. The van der Waals surface area contributed by atoms with Crippen molar-refractivity contribution >= 4 is 90.9 Å². The van der Waals surface area contributed by atoms with Crippen molar-refractivity contribution in [2.45, 2.75) is 0 Å². The van der Waals surface area contributed by atoms with Crippen LogP contribution in [0.15, 0.2) is 176 Å². The van der Waals surface area contributed by atoms with Crippen molar-refractivity contribution in [2.75, 3.05) is 4.90 Å². The average molecular weight is 660 g/mol. The van der Waals surface area contributed by atoms with Crippen LogP contribution in [0.4, 0.5) is 17.1 Å². The minimum Gasteiger partial charge on any atom is -0.310 e. The van der Waals surface area contributed by atoms with E-state index in [0.29, 0.717) is 0 Å². The maximum Gasteiger partial charge on any atom is 0.0476 e. The molecule has 1 nitrogen and oxygen atoms in total. The summed E-state index contributed by atoms with van der Waals surface area (Å²) in [5.74, 6) is 0. The molecule has 3 heteroatoms. The normalized spacial score (nSPS) is 11.7. The van der Waals surface area contributed by atoms with Gasteiger partial charge in [0, 0.05) is 57.4 Å². The van der Waals surface area contributed by atoms with Crippen LogP contribution in [0.5, 0.6) is 0 Å². The lowest BCUT2D eigenvalue weighted by Gasteiger charge is -2.26. The lowest BCUT2D eigenvalue weighted by Crippen LogP contribution is -2.09. The Kier molecular flexibility index (Phi) is 6.61. The molecule has 0 aliphatic rings. The van der Waals surface area contributed by atoms with E-state index in [1.165, 1.54) is 73.4 Å². The van der Waals surface area contributed by atoms with Crippen LogP contribution in [-0.2, 0) is 0 Å². The molecule has 49 heavy (non-hydrogen) atoms. The Morgan fingerprint density at radius 1 is 0.306 bits per heavy atom. The van der Waals surface area contributed by atoms with Crippen molar-refractivity contribution in [2.24, 2.45) is 0 Å². The lowest BCUT2D eigenvalue weighted by molar-refractivity contribution is 1.30. The number of hydrogen-bond acceptors (Lipinski definition) is 3. The van der Waals surface area contributed by atoms with Gasteiger partial charge in [0.2, 0.25) is 0 Å². The Hall–Kier alpha value is -5.74.